The molecule has 0 saturated heterocycles. The monoisotopic (exact) mass is 259 g/mol. The number of nitrogens with zero attached hydrogens (tertiary/aromatic N) is 1. The molecule has 0 aromatic rings. The van der Waals surface area contributed by atoms with Gasteiger partial charge < -0.3 is 20.1 Å². The highest BCUT2D eigenvalue weighted by Crippen LogP contribution is 1.91. The molecule has 0 aliphatic heterocycles. The fourth-order valence-corrected chi connectivity index (χ4v) is 1.32. The van der Waals surface area contributed by atoms with Gasteiger partial charge in [0, 0.05) is 40.3 Å². The summed E-state index contributed by atoms with van der Waals surface area (Å²) in [6.45, 7) is 4.48. The molecule has 0 aromatic heterocycles. The van der Waals surface area contributed by atoms with E-state index in [2.05, 4.69) is 15.6 Å². The Bertz CT molecular complexity index is 245. The lowest BCUT2D eigenvalue weighted by molar-refractivity contribution is -0.143. The maximum atomic E-state index is 11.1. The van der Waals surface area contributed by atoms with Crippen LogP contribution in [-0.4, -0.2) is 52.4 Å². The topological polar surface area (TPSA) is 72.0 Å². The van der Waals surface area contributed by atoms with Crippen molar-refractivity contribution < 1.29 is 14.3 Å². The van der Waals surface area contributed by atoms with Gasteiger partial charge in [0.2, 0.25) is 0 Å². The lowest BCUT2D eigenvalue weighted by Gasteiger charge is -2.11. The van der Waals surface area contributed by atoms with E-state index in [0.29, 0.717) is 19.6 Å². The summed E-state index contributed by atoms with van der Waals surface area (Å²) in [7, 11) is 3.40. The van der Waals surface area contributed by atoms with Crippen LogP contribution in [0.2, 0.25) is 0 Å². The predicted octanol–water partition coefficient (Wildman–Crippen LogP) is 0.531. The van der Waals surface area contributed by atoms with E-state index >= 15 is 0 Å². The molecule has 0 spiro atoms. The number of aliphatic imine (C=N–C) groups is 1. The van der Waals surface area contributed by atoms with Crippen LogP contribution in [0.15, 0.2) is 4.99 Å². The molecule has 2 N–H and O–H groups in total. The van der Waals surface area contributed by atoms with Crippen LogP contribution in [0, 0.1) is 0 Å². The molecule has 0 aliphatic carbocycles. The Hall–Kier alpha value is -1.30. The minimum atomic E-state index is -0.151. The molecule has 0 saturated carbocycles. The second kappa shape index (κ2) is 12.2. The number of methoxy groups -OCH3 is 1. The van der Waals surface area contributed by atoms with Gasteiger partial charge >= 0.3 is 5.97 Å². The van der Waals surface area contributed by atoms with Crippen molar-refractivity contribution in [2.75, 3.05) is 40.5 Å². The van der Waals surface area contributed by atoms with Gasteiger partial charge in [-0.1, -0.05) is 0 Å². The van der Waals surface area contributed by atoms with Gasteiger partial charge in [0.15, 0.2) is 5.96 Å². The largest absolute Gasteiger partial charge is 0.466 e. The number of guanidine groups is 1. The van der Waals surface area contributed by atoms with Gasteiger partial charge in [-0.3, -0.25) is 9.79 Å². The molecule has 0 unspecified atom stereocenters. The molecule has 0 rings (SSSR count). The first-order valence-electron chi connectivity index (χ1n) is 6.33. The lowest BCUT2D eigenvalue weighted by atomic mass is 10.3. The second-order valence-corrected chi connectivity index (χ2v) is 3.68. The molecule has 0 heterocycles. The Morgan fingerprint density at radius 1 is 1.22 bits per heavy atom. The van der Waals surface area contributed by atoms with Crippen molar-refractivity contribution >= 4 is 11.9 Å². The summed E-state index contributed by atoms with van der Waals surface area (Å²) in [5, 5.41) is 6.29. The Labute approximate surface area is 109 Å². The first-order valence-corrected chi connectivity index (χ1v) is 6.33. The fourth-order valence-electron chi connectivity index (χ4n) is 1.32. The van der Waals surface area contributed by atoms with E-state index < -0.39 is 0 Å². The number of carbonyl (C=O) groups excluding carboxylic acids is 1. The van der Waals surface area contributed by atoms with Crippen molar-refractivity contribution in [1.82, 2.24) is 10.6 Å². The van der Waals surface area contributed by atoms with Crippen LogP contribution in [0.25, 0.3) is 0 Å². The van der Waals surface area contributed by atoms with E-state index in [1.165, 1.54) is 0 Å². The van der Waals surface area contributed by atoms with Crippen molar-refractivity contribution in [3.05, 3.63) is 0 Å². The SMILES string of the molecule is CCOC(=O)CCCNC(=NC)NCCCOC. The maximum absolute atomic E-state index is 11.1. The third-order valence-electron chi connectivity index (χ3n) is 2.20. The number of rotatable bonds is 9. The average molecular weight is 259 g/mol. The summed E-state index contributed by atoms with van der Waals surface area (Å²) < 4.78 is 9.79. The van der Waals surface area contributed by atoms with Crippen molar-refractivity contribution in [3.63, 3.8) is 0 Å². The highest BCUT2D eigenvalue weighted by molar-refractivity contribution is 5.79. The Morgan fingerprint density at radius 2 is 1.89 bits per heavy atom. The van der Waals surface area contributed by atoms with Crippen LogP contribution >= 0.6 is 0 Å². The first kappa shape index (κ1) is 16.7. The van der Waals surface area contributed by atoms with Crippen molar-refractivity contribution in [3.8, 4) is 0 Å². The quantitative estimate of drug-likeness (QED) is 0.273. The van der Waals surface area contributed by atoms with Crippen LogP contribution in [0.3, 0.4) is 0 Å². The molecule has 0 atom stereocenters. The molecule has 0 aromatic carbocycles. The van der Waals surface area contributed by atoms with Crippen LogP contribution < -0.4 is 10.6 Å². The predicted molar refractivity (Wildman–Crippen MR) is 71.7 cm³/mol. The van der Waals surface area contributed by atoms with Gasteiger partial charge in [-0.25, -0.2) is 0 Å². The Balaban J connectivity index is 3.53. The molecule has 106 valence electrons. The van der Waals surface area contributed by atoms with Crippen LogP contribution in [0.4, 0.5) is 0 Å². The number of nitrogens with one attached hydrogen (secondary N) is 2. The standard InChI is InChI=1S/C12H25N3O3/c1-4-18-11(16)7-5-8-14-12(13-2)15-9-6-10-17-3/h4-10H2,1-3H3,(H2,13,14,15). The number of esters is 1. The van der Waals surface area contributed by atoms with E-state index in [1.807, 2.05) is 6.92 Å². The molecule has 0 fully saturated rings. The Kier molecular flexibility index (Phi) is 11.3. The summed E-state index contributed by atoms with van der Waals surface area (Å²) in [5.41, 5.74) is 0. The number of hydrogen-bond donors (Lipinski definition) is 2. The highest BCUT2D eigenvalue weighted by Gasteiger charge is 2.01. The zero-order chi connectivity index (χ0) is 13.6. The van der Waals surface area contributed by atoms with E-state index in [1.54, 1.807) is 14.2 Å². The van der Waals surface area contributed by atoms with E-state index in [0.717, 1.165) is 32.0 Å². The summed E-state index contributed by atoms with van der Waals surface area (Å²) in [4.78, 5) is 15.2. The van der Waals surface area contributed by atoms with Gasteiger partial charge in [0.25, 0.3) is 0 Å². The molecule has 0 aliphatic rings. The first-order chi connectivity index (χ1) is 8.74. The van der Waals surface area contributed by atoms with Crippen LogP contribution in [0.1, 0.15) is 26.2 Å². The van der Waals surface area contributed by atoms with Crippen molar-refractivity contribution in [2.24, 2.45) is 4.99 Å². The molecular formula is C12H25N3O3. The molecule has 0 amide bonds. The van der Waals surface area contributed by atoms with Crippen molar-refractivity contribution in [2.45, 2.75) is 26.2 Å². The lowest BCUT2D eigenvalue weighted by Crippen LogP contribution is -2.38. The second-order valence-electron chi connectivity index (χ2n) is 3.68. The van der Waals surface area contributed by atoms with Crippen LogP contribution in [-0.2, 0) is 14.3 Å². The van der Waals surface area contributed by atoms with Crippen molar-refractivity contribution in [1.29, 1.82) is 0 Å². The number of ether oxygens (including phenoxy) is 2. The minimum Gasteiger partial charge on any atom is -0.466 e. The minimum absolute atomic E-state index is 0.151. The van der Waals surface area contributed by atoms with E-state index in [-0.39, 0.29) is 5.97 Å². The smallest absolute Gasteiger partial charge is 0.305 e. The fraction of sp³-hybridized carbons (Fsp3) is 0.833. The maximum Gasteiger partial charge on any atom is 0.305 e. The molecular weight excluding hydrogens is 234 g/mol. The van der Waals surface area contributed by atoms with Gasteiger partial charge in [0.1, 0.15) is 0 Å². The summed E-state index contributed by atoms with van der Waals surface area (Å²) in [5.74, 6) is 0.595. The molecule has 0 radical (unpaired) electrons. The average Bonchev–Trinajstić information content (AvgIpc) is 2.37. The number of hydrogen-bond acceptors (Lipinski definition) is 4. The van der Waals surface area contributed by atoms with Gasteiger partial charge in [0.05, 0.1) is 6.61 Å². The van der Waals surface area contributed by atoms with E-state index in [9.17, 15) is 4.79 Å². The van der Waals surface area contributed by atoms with Gasteiger partial charge in [-0.05, 0) is 19.8 Å². The third kappa shape index (κ3) is 9.89. The number of carbonyl (C=O) groups is 1. The summed E-state index contributed by atoms with van der Waals surface area (Å²) in [6, 6.07) is 0. The van der Waals surface area contributed by atoms with E-state index in [4.69, 9.17) is 9.47 Å². The third-order valence-corrected chi connectivity index (χ3v) is 2.20. The zero-order valence-corrected chi connectivity index (χ0v) is 11.6. The highest BCUT2D eigenvalue weighted by atomic mass is 16.5. The van der Waals surface area contributed by atoms with Gasteiger partial charge in [-0.2, -0.15) is 0 Å². The molecule has 18 heavy (non-hydrogen) atoms. The normalized spacial score (nSPS) is 11.2. The molecule has 0 bridgehead atoms. The summed E-state index contributed by atoms with van der Waals surface area (Å²) >= 11 is 0. The molecule has 6 nitrogen and oxygen atoms in total. The van der Waals surface area contributed by atoms with Crippen LogP contribution in [0.5, 0.6) is 0 Å². The zero-order valence-electron chi connectivity index (χ0n) is 11.6. The summed E-state index contributed by atoms with van der Waals surface area (Å²) in [6.07, 6.45) is 2.10. The molecule has 6 heteroatoms. The Morgan fingerprint density at radius 3 is 2.44 bits per heavy atom. The van der Waals surface area contributed by atoms with Gasteiger partial charge in [-0.15, -0.1) is 0 Å².